The van der Waals surface area contributed by atoms with Crippen molar-refractivity contribution in [2.45, 2.75) is 39.7 Å². The van der Waals surface area contributed by atoms with E-state index in [1.807, 2.05) is 17.0 Å². The number of anilines is 1. The highest BCUT2D eigenvalue weighted by molar-refractivity contribution is 5.73. The van der Waals surface area contributed by atoms with Gasteiger partial charge in [0.15, 0.2) is 0 Å². The lowest BCUT2D eigenvalue weighted by Gasteiger charge is -2.38. The first-order valence-electron chi connectivity index (χ1n) is 7.84. The first kappa shape index (κ1) is 16.4. The Kier molecular flexibility index (Phi) is 5.47. The lowest BCUT2D eigenvalue weighted by Crippen LogP contribution is -2.44. The molecule has 0 aliphatic carbocycles. The van der Waals surface area contributed by atoms with Crippen LogP contribution in [0.5, 0.6) is 5.75 Å². The van der Waals surface area contributed by atoms with Crippen LogP contribution in [0.1, 0.15) is 33.6 Å². The van der Waals surface area contributed by atoms with Crippen molar-refractivity contribution in [2.24, 2.45) is 0 Å². The van der Waals surface area contributed by atoms with Gasteiger partial charge in [-0.25, -0.2) is 0 Å². The van der Waals surface area contributed by atoms with E-state index in [0.717, 1.165) is 37.4 Å². The zero-order valence-electron chi connectivity index (χ0n) is 14.0. The predicted molar refractivity (Wildman–Crippen MR) is 90.2 cm³/mol. The molecule has 0 aromatic heterocycles. The van der Waals surface area contributed by atoms with Crippen molar-refractivity contribution in [3.8, 4) is 5.75 Å². The molecule has 4 nitrogen and oxygen atoms in total. The van der Waals surface area contributed by atoms with Gasteiger partial charge in [-0.1, -0.05) is 11.6 Å². The van der Waals surface area contributed by atoms with Crippen molar-refractivity contribution < 1.29 is 9.53 Å². The summed E-state index contributed by atoms with van der Waals surface area (Å²) in [7, 11) is 1.69. The number of rotatable bonds is 4. The Labute approximate surface area is 133 Å². The van der Waals surface area contributed by atoms with Crippen LogP contribution in [-0.2, 0) is 4.79 Å². The van der Waals surface area contributed by atoms with E-state index in [4.69, 9.17) is 4.74 Å². The van der Waals surface area contributed by atoms with Crippen LogP contribution < -0.4 is 9.64 Å². The van der Waals surface area contributed by atoms with Crippen molar-refractivity contribution in [3.05, 3.63) is 36.0 Å². The summed E-state index contributed by atoms with van der Waals surface area (Å²) in [5.74, 6) is 1.04. The van der Waals surface area contributed by atoms with Crippen LogP contribution in [0.15, 0.2) is 36.0 Å². The number of benzene rings is 1. The Morgan fingerprint density at radius 3 is 2.50 bits per heavy atom. The second-order valence-electron chi connectivity index (χ2n) is 6.05. The predicted octanol–water partition coefficient (Wildman–Crippen LogP) is 3.44. The van der Waals surface area contributed by atoms with E-state index in [2.05, 4.69) is 37.1 Å². The lowest BCUT2D eigenvalue weighted by atomic mass is 10.0. The summed E-state index contributed by atoms with van der Waals surface area (Å²) in [6.07, 6.45) is 4.17. The van der Waals surface area contributed by atoms with Gasteiger partial charge in [-0.3, -0.25) is 4.79 Å². The second-order valence-corrected chi connectivity index (χ2v) is 6.05. The number of nitrogens with zero attached hydrogens (tertiary/aromatic N) is 2. The lowest BCUT2D eigenvalue weighted by molar-refractivity contribution is -0.129. The van der Waals surface area contributed by atoms with Gasteiger partial charge in [0.25, 0.3) is 0 Å². The number of piperidine rings is 1. The van der Waals surface area contributed by atoms with Gasteiger partial charge in [-0.05, 0) is 38.8 Å². The zero-order valence-corrected chi connectivity index (χ0v) is 14.0. The van der Waals surface area contributed by atoms with E-state index in [-0.39, 0.29) is 5.91 Å². The number of methoxy groups -OCH3 is 1. The molecular formula is C18H26N2O2. The van der Waals surface area contributed by atoms with Crippen molar-refractivity contribution in [3.63, 3.8) is 0 Å². The number of carbonyl (C=O) groups excluding carboxylic acids is 1. The van der Waals surface area contributed by atoms with E-state index >= 15 is 0 Å². The minimum atomic E-state index is 0.175. The third-order valence-electron chi connectivity index (χ3n) is 4.05. The number of amides is 1. The Morgan fingerprint density at radius 2 is 1.95 bits per heavy atom. The molecule has 1 aromatic rings. The molecule has 0 spiro atoms. The second kappa shape index (κ2) is 7.34. The van der Waals surface area contributed by atoms with Crippen LogP contribution in [0.3, 0.4) is 0 Å². The van der Waals surface area contributed by atoms with E-state index in [1.54, 1.807) is 14.0 Å². The van der Waals surface area contributed by atoms with E-state index in [9.17, 15) is 4.79 Å². The molecule has 1 amide bonds. The number of hydrogen-bond donors (Lipinski definition) is 0. The van der Waals surface area contributed by atoms with E-state index in [0.29, 0.717) is 6.04 Å². The fourth-order valence-electron chi connectivity index (χ4n) is 2.90. The highest BCUT2D eigenvalue weighted by Crippen LogP contribution is 2.28. The van der Waals surface area contributed by atoms with E-state index in [1.165, 1.54) is 5.57 Å². The summed E-state index contributed by atoms with van der Waals surface area (Å²) in [5.41, 5.74) is 2.40. The summed E-state index contributed by atoms with van der Waals surface area (Å²) >= 11 is 0. The molecular weight excluding hydrogens is 276 g/mol. The SMILES string of the molecule is COc1cccc(N(C=C(C)C)C2CCN(C(C)=O)CC2)c1. The molecule has 1 saturated heterocycles. The minimum absolute atomic E-state index is 0.175. The van der Waals surface area contributed by atoms with Crippen LogP contribution >= 0.6 is 0 Å². The van der Waals surface area contributed by atoms with Gasteiger partial charge >= 0.3 is 0 Å². The molecule has 1 aliphatic rings. The third kappa shape index (κ3) is 4.03. The fraction of sp³-hybridized carbons (Fsp3) is 0.500. The number of ether oxygens (including phenoxy) is 1. The summed E-state index contributed by atoms with van der Waals surface area (Å²) < 4.78 is 5.35. The Bertz CT molecular complexity index is 542. The van der Waals surface area contributed by atoms with Gasteiger partial charge in [0.05, 0.1) is 7.11 Å². The molecule has 0 saturated carbocycles. The Morgan fingerprint density at radius 1 is 1.27 bits per heavy atom. The normalized spacial score (nSPS) is 15.4. The number of allylic oxidation sites excluding steroid dienone is 1. The quantitative estimate of drug-likeness (QED) is 0.854. The molecule has 0 N–H and O–H groups in total. The van der Waals surface area contributed by atoms with Gasteiger partial charge in [-0.2, -0.15) is 0 Å². The monoisotopic (exact) mass is 302 g/mol. The van der Waals surface area contributed by atoms with Crippen LogP contribution in [0.2, 0.25) is 0 Å². The first-order chi connectivity index (χ1) is 10.5. The van der Waals surface area contributed by atoms with Crippen molar-refractivity contribution >= 4 is 11.6 Å². The third-order valence-corrected chi connectivity index (χ3v) is 4.05. The maximum atomic E-state index is 11.5. The standard InChI is InChI=1S/C18H26N2O2/c1-14(2)13-20(17-6-5-7-18(12-17)22-4)16-8-10-19(11-9-16)15(3)21/h5-7,12-13,16H,8-11H2,1-4H3. The molecule has 2 rings (SSSR count). The average Bonchev–Trinajstić information content (AvgIpc) is 2.52. The molecule has 0 radical (unpaired) electrons. The Hall–Kier alpha value is -1.97. The van der Waals surface area contributed by atoms with Crippen molar-refractivity contribution in [1.29, 1.82) is 0 Å². The molecule has 1 heterocycles. The minimum Gasteiger partial charge on any atom is -0.497 e. The maximum absolute atomic E-state index is 11.5. The summed E-state index contributed by atoms with van der Waals surface area (Å²) in [5, 5.41) is 0. The van der Waals surface area contributed by atoms with Gasteiger partial charge in [0, 0.05) is 44.0 Å². The highest BCUT2D eigenvalue weighted by atomic mass is 16.5. The highest BCUT2D eigenvalue weighted by Gasteiger charge is 2.25. The summed E-state index contributed by atoms with van der Waals surface area (Å²) in [6, 6.07) is 8.57. The molecule has 22 heavy (non-hydrogen) atoms. The van der Waals surface area contributed by atoms with Crippen molar-refractivity contribution in [2.75, 3.05) is 25.1 Å². The van der Waals surface area contributed by atoms with Gasteiger partial charge < -0.3 is 14.5 Å². The van der Waals surface area contributed by atoms with Crippen molar-refractivity contribution in [1.82, 2.24) is 4.90 Å². The van der Waals surface area contributed by atoms with Crippen LogP contribution in [0.25, 0.3) is 0 Å². The first-order valence-corrected chi connectivity index (χ1v) is 7.84. The molecule has 1 aromatic carbocycles. The fourth-order valence-corrected chi connectivity index (χ4v) is 2.90. The molecule has 0 atom stereocenters. The van der Waals surface area contributed by atoms with E-state index < -0.39 is 0 Å². The molecule has 0 bridgehead atoms. The number of likely N-dealkylation sites (tertiary alicyclic amines) is 1. The average molecular weight is 302 g/mol. The summed E-state index contributed by atoms with van der Waals surface area (Å²) in [4.78, 5) is 15.8. The summed E-state index contributed by atoms with van der Waals surface area (Å²) in [6.45, 7) is 7.53. The van der Waals surface area contributed by atoms with Gasteiger partial charge in [0.2, 0.25) is 5.91 Å². The maximum Gasteiger partial charge on any atom is 0.219 e. The van der Waals surface area contributed by atoms with Crippen LogP contribution in [-0.4, -0.2) is 37.0 Å². The largest absolute Gasteiger partial charge is 0.497 e. The molecule has 1 aliphatic heterocycles. The number of carbonyl (C=O) groups is 1. The topological polar surface area (TPSA) is 32.8 Å². The number of hydrogen-bond acceptors (Lipinski definition) is 3. The Balaban J connectivity index is 2.20. The molecule has 4 heteroatoms. The molecule has 0 unspecified atom stereocenters. The smallest absolute Gasteiger partial charge is 0.219 e. The molecule has 1 fully saturated rings. The zero-order chi connectivity index (χ0) is 16.1. The molecule has 120 valence electrons. The van der Waals surface area contributed by atoms with Crippen LogP contribution in [0, 0.1) is 0 Å². The van der Waals surface area contributed by atoms with Crippen LogP contribution in [0.4, 0.5) is 5.69 Å². The van der Waals surface area contributed by atoms with Gasteiger partial charge in [0.1, 0.15) is 5.75 Å². The van der Waals surface area contributed by atoms with Gasteiger partial charge in [-0.15, -0.1) is 0 Å².